The SMILES string of the molecule is CNc1nc(Nc2c(Cl)cc(C(N)=O)c(OC)c2C2COC2)ncc1Cl. The third-order valence-electron chi connectivity index (χ3n) is 4.00. The number of methoxy groups -OCH3 is 1. The van der Waals surface area contributed by atoms with Crippen molar-refractivity contribution in [2.45, 2.75) is 5.92 Å². The van der Waals surface area contributed by atoms with E-state index in [4.69, 9.17) is 38.4 Å². The van der Waals surface area contributed by atoms with Crippen LogP contribution < -0.4 is 21.1 Å². The quantitative estimate of drug-likeness (QED) is 0.686. The number of anilines is 3. The van der Waals surface area contributed by atoms with Gasteiger partial charge in [-0.3, -0.25) is 4.79 Å². The van der Waals surface area contributed by atoms with Crippen LogP contribution in [0.25, 0.3) is 0 Å². The first kappa shape index (κ1) is 18.5. The van der Waals surface area contributed by atoms with Crippen LogP contribution in [-0.2, 0) is 4.74 Å². The number of hydrogen-bond acceptors (Lipinski definition) is 7. The van der Waals surface area contributed by atoms with Gasteiger partial charge in [0.2, 0.25) is 5.95 Å². The van der Waals surface area contributed by atoms with Crippen molar-refractivity contribution in [3.8, 4) is 5.75 Å². The molecule has 0 radical (unpaired) electrons. The van der Waals surface area contributed by atoms with E-state index >= 15 is 0 Å². The number of carbonyl (C=O) groups is 1. The largest absolute Gasteiger partial charge is 0.496 e. The van der Waals surface area contributed by atoms with Gasteiger partial charge in [-0.25, -0.2) is 4.98 Å². The number of nitrogens with one attached hydrogen (secondary N) is 2. The summed E-state index contributed by atoms with van der Waals surface area (Å²) in [6.45, 7) is 0.958. The predicted octanol–water partition coefficient (Wildman–Crippen LogP) is 2.79. The molecule has 4 N–H and O–H groups in total. The van der Waals surface area contributed by atoms with Crippen LogP contribution in [0.3, 0.4) is 0 Å². The van der Waals surface area contributed by atoms with Gasteiger partial charge < -0.3 is 25.8 Å². The van der Waals surface area contributed by atoms with Crippen molar-refractivity contribution in [3.05, 3.63) is 33.4 Å². The van der Waals surface area contributed by atoms with Crippen LogP contribution in [0.1, 0.15) is 21.8 Å². The average molecular weight is 398 g/mol. The predicted molar refractivity (Wildman–Crippen MR) is 100.0 cm³/mol. The maximum Gasteiger partial charge on any atom is 0.252 e. The van der Waals surface area contributed by atoms with Crippen molar-refractivity contribution in [1.29, 1.82) is 0 Å². The highest BCUT2D eigenvalue weighted by Crippen LogP contribution is 2.44. The van der Waals surface area contributed by atoms with Crippen LogP contribution in [0.2, 0.25) is 10.0 Å². The fraction of sp³-hybridized carbons (Fsp3) is 0.312. The molecule has 1 amide bonds. The number of amides is 1. The Bertz CT molecular complexity index is 858. The smallest absolute Gasteiger partial charge is 0.252 e. The molecule has 1 aliphatic heterocycles. The maximum absolute atomic E-state index is 11.8. The monoisotopic (exact) mass is 397 g/mol. The van der Waals surface area contributed by atoms with Gasteiger partial charge in [0.25, 0.3) is 5.91 Å². The molecule has 8 nitrogen and oxygen atoms in total. The molecule has 1 aliphatic rings. The standard InChI is InChI=1S/C16H17Cl2N5O3/c1-20-15-10(18)4-21-16(23-15)22-12-9(17)3-8(14(19)24)13(25-2)11(12)7-5-26-6-7/h3-4,7H,5-6H2,1-2H3,(H2,19,24)(H2,20,21,22,23). The molecule has 26 heavy (non-hydrogen) atoms. The normalized spacial score (nSPS) is 13.8. The lowest BCUT2D eigenvalue weighted by atomic mass is 9.92. The molecule has 1 fully saturated rings. The van der Waals surface area contributed by atoms with Crippen molar-refractivity contribution in [2.24, 2.45) is 5.73 Å². The minimum atomic E-state index is -0.628. The zero-order valence-electron chi connectivity index (χ0n) is 14.1. The Labute approximate surface area is 160 Å². The van der Waals surface area contributed by atoms with E-state index in [1.165, 1.54) is 19.4 Å². The molecule has 0 bridgehead atoms. The van der Waals surface area contributed by atoms with Crippen molar-refractivity contribution >= 4 is 46.6 Å². The molecule has 10 heteroatoms. The molecule has 0 unspecified atom stereocenters. The Morgan fingerprint density at radius 3 is 2.65 bits per heavy atom. The Balaban J connectivity index is 2.12. The topological polar surface area (TPSA) is 111 Å². The number of hydrogen-bond donors (Lipinski definition) is 3. The van der Waals surface area contributed by atoms with Crippen LogP contribution in [0.5, 0.6) is 5.75 Å². The van der Waals surface area contributed by atoms with E-state index in [1.54, 1.807) is 7.05 Å². The van der Waals surface area contributed by atoms with Crippen molar-refractivity contribution in [3.63, 3.8) is 0 Å². The van der Waals surface area contributed by atoms with Gasteiger partial charge in [0, 0.05) is 18.5 Å². The van der Waals surface area contributed by atoms with Crippen LogP contribution in [0, 0.1) is 0 Å². The van der Waals surface area contributed by atoms with Gasteiger partial charge in [0.15, 0.2) is 0 Å². The van der Waals surface area contributed by atoms with E-state index in [9.17, 15) is 4.79 Å². The molecule has 0 saturated carbocycles. The second-order valence-electron chi connectivity index (χ2n) is 5.59. The summed E-state index contributed by atoms with van der Waals surface area (Å²) in [7, 11) is 3.17. The highest BCUT2D eigenvalue weighted by atomic mass is 35.5. The van der Waals surface area contributed by atoms with Gasteiger partial charge in [-0.15, -0.1) is 0 Å². The lowest BCUT2D eigenvalue weighted by Crippen LogP contribution is -2.27. The van der Waals surface area contributed by atoms with Crippen molar-refractivity contribution in [2.75, 3.05) is 38.0 Å². The number of primary amides is 1. The van der Waals surface area contributed by atoms with Crippen LogP contribution in [0.4, 0.5) is 17.5 Å². The molecular formula is C16H17Cl2N5O3. The summed E-state index contributed by atoms with van der Waals surface area (Å²) in [5, 5.41) is 6.66. The molecule has 1 aromatic heterocycles. The number of benzene rings is 1. The first-order valence-corrected chi connectivity index (χ1v) is 8.47. The second-order valence-corrected chi connectivity index (χ2v) is 6.41. The van der Waals surface area contributed by atoms with E-state index in [-0.39, 0.29) is 17.4 Å². The molecule has 138 valence electrons. The van der Waals surface area contributed by atoms with Crippen LogP contribution in [0.15, 0.2) is 12.3 Å². The zero-order valence-corrected chi connectivity index (χ0v) is 15.6. The van der Waals surface area contributed by atoms with Crippen molar-refractivity contribution in [1.82, 2.24) is 9.97 Å². The zero-order chi connectivity index (χ0) is 18.8. The highest BCUT2D eigenvalue weighted by Gasteiger charge is 2.31. The second kappa shape index (κ2) is 7.53. The fourth-order valence-corrected chi connectivity index (χ4v) is 3.13. The third kappa shape index (κ3) is 3.35. The number of rotatable bonds is 6. The van der Waals surface area contributed by atoms with Crippen LogP contribution in [-0.4, -0.2) is 43.2 Å². The third-order valence-corrected chi connectivity index (χ3v) is 4.58. The Morgan fingerprint density at radius 1 is 1.38 bits per heavy atom. The van der Waals surface area contributed by atoms with E-state index in [0.717, 1.165) is 0 Å². The Morgan fingerprint density at radius 2 is 2.12 bits per heavy atom. The van der Waals surface area contributed by atoms with Gasteiger partial charge in [0.1, 0.15) is 16.6 Å². The summed E-state index contributed by atoms with van der Waals surface area (Å²) in [6.07, 6.45) is 1.47. The van der Waals surface area contributed by atoms with E-state index in [1.807, 2.05) is 0 Å². The molecule has 2 heterocycles. The summed E-state index contributed by atoms with van der Waals surface area (Å²) < 4.78 is 10.7. The van der Waals surface area contributed by atoms with Crippen LogP contribution >= 0.6 is 23.2 Å². The minimum absolute atomic E-state index is 0.000297. The summed E-state index contributed by atoms with van der Waals surface area (Å²) in [6, 6.07) is 1.46. The number of carbonyl (C=O) groups excluding carboxylic acids is 1. The molecule has 0 aliphatic carbocycles. The Hall–Kier alpha value is -2.29. The number of halogens is 2. The first-order valence-electron chi connectivity index (χ1n) is 7.71. The number of aromatic nitrogens is 2. The van der Waals surface area contributed by atoms with E-state index in [0.29, 0.717) is 46.1 Å². The number of nitrogens with zero attached hydrogens (tertiary/aromatic N) is 2. The minimum Gasteiger partial charge on any atom is -0.496 e. The first-order chi connectivity index (χ1) is 12.5. The molecule has 1 aromatic carbocycles. The molecule has 3 rings (SSSR count). The molecule has 0 spiro atoms. The van der Waals surface area contributed by atoms with Gasteiger partial charge in [0.05, 0.1) is 42.8 Å². The van der Waals surface area contributed by atoms with Gasteiger partial charge in [-0.2, -0.15) is 4.98 Å². The van der Waals surface area contributed by atoms with E-state index in [2.05, 4.69) is 20.6 Å². The number of ether oxygens (including phenoxy) is 2. The highest BCUT2D eigenvalue weighted by molar-refractivity contribution is 6.34. The summed E-state index contributed by atoms with van der Waals surface area (Å²) in [4.78, 5) is 20.2. The molecular weight excluding hydrogens is 381 g/mol. The maximum atomic E-state index is 11.8. The number of nitrogens with two attached hydrogens (primary N) is 1. The van der Waals surface area contributed by atoms with Gasteiger partial charge in [-0.1, -0.05) is 23.2 Å². The van der Waals surface area contributed by atoms with E-state index < -0.39 is 5.91 Å². The Kier molecular flexibility index (Phi) is 5.36. The summed E-state index contributed by atoms with van der Waals surface area (Å²) in [5.74, 6) is 0.489. The molecule has 2 aromatic rings. The molecule has 0 atom stereocenters. The fourth-order valence-electron chi connectivity index (χ4n) is 2.69. The average Bonchev–Trinajstić information content (AvgIpc) is 2.57. The molecule has 1 saturated heterocycles. The van der Waals surface area contributed by atoms with Gasteiger partial charge in [-0.05, 0) is 6.07 Å². The summed E-state index contributed by atoms with van der Waals surface area (Å²) >= 11 is 12.4. The lowest BCUT2D eigenvalue weighted by Gasteiger charge is -2.31. The van der Waals surface area contributed by atoms with Crippen molar-refractivity contribution < 1.29 is 14.3 Å². The lowest BCUT2D eigenvalue weighted by molar-refractivity contribution is 0.00778. The summed E-state index contributed by atoms with van der Waals surface area (Å²) in [5.41, 5.74) is 6.91. The van der Waals surface area contributed by atoms with Gasteiger partial charge >= 0.3 is 0 Å².